The van der Waals surface area contributed by atoms with Crippen LogP contribution in [0.1, 0.15) is 5.56 Å². The molecule has 1 saturated heterocycles. The molecule has 0 bridgehead atoms. The second kappa shape index (κ2) is 7.17. The Morgan fingerprint density at radius 2 is 1.73 bits per heavy atom. The summed E-state index contributed by atoms with van der Waals surface area (Å²) in [5, 5.41) is 0. The number of nitrogens with zero attached hydrogens (tertiary/aromatic N) is 3. The number of carbonyl (C=O) groups is 1. The maximum Gasteiger partial charge on any atom is 0.248 e. The van der Waals surface area contributed by atoms with Crippen molar-refractivity contribution in [2.24, 2.45) is 4.99 Å². The third-order valence-electron chi connectivity index (χ3n) is 4.64. The maximum atomic E-state index is 12.0. The van der Waals surface area contributed by atoms with Gasteiger partial charge in [-0.3, -0.25) is 4.79 Å². The number of rotatable bonds is 2. The standard InChI is InChI=1S/C20H21N3O3/c1-25-14-19(24)22-10-12-23(13-11-22)20-15-6-2-4-8-17(15)26-18-9-5-3-7-16(18)21-20/h2-9H,10-14H2,1H3. The van der Waals surface area contributed by atoms with Crippen molar-refractivity contribution in [3.8, 4) is 11.5 Å². The van der Waals surface area contributed by atoms with E-state index in [9.17, 15) is 4.79 Å². The highest BCUT2D eigenvalue weighted by molar-refractivity contribution is 6.03. The molecule has 2 aromatic rings. The van der Waals surface area contributed by atoms with Crippen molar-refractivity contribution in [2.75, 3.05) is 39.9 Å². The molecule has 0 spiro atoms. The number of para-hydroxylation sites is 3. The highest BCUT2D eigenvalue weighted by Gasteiger charge is 2.27. The second-order valence-electron chi connectivity index (χ2n) is 6.30. The van der Waals surface area contributed by atoms with E-state index in [-0.39, 0.29) is 12.5 Å². The van der Waals surface area contributed by atoms with Gasteiger partial charge in [-0.2, -0.15) is 0 Å². The molecule has 0 unspecified atom stereocenters. The Kier molecular flexibility index (Phi) is 4.58. The number of fused-ring (bicyclic) bond motifs is 2. The quantitative estimate of drug-likeness (QED) is 0.835. The molecule has 0 N–H and O–H groups in total. The topological polar surface area (TPSA) is 54.4 Å². The summed E-state index contributed by atoms with van der Waals surface area (Å²) < 4.78 is 11.0. The van der Waals surface area contributed by atoms with Crippen molar-refractivity contribution >= 4 is 17.4 Å². The van der Waals surface area contributed by atoms with Gasteiger partial charge in [-0.25, -0.2) is 4.99 Å². The van der Waals surface area contributed by atoms with Crippen molar-refractivity contribution in [1.29, 1.82) is 0 Å². The Balaban J connectivity index is 1.63. The summed E-state index contributed by atoms with van der Waals surface area (Å²) in [6.45, 7) is 2.90. The largest absolute Gasteiger partial charge is 0.454 e. The van der Waals surface area contributed by atoms with Crippen LogP contribution in [-0.2, 0) is 9.53 Å². The van der Waals surface area contributed by atoms with Crippen LogP contribution in [-0.4, -0.2) is 61.4 Å². The number of piperazine rings is 1. The van der Waals surface area contributed by atoms with Gasteiger partial charge in [-0.15, -0.1) is 0 Å². The first-order chi connectivity index (χ1) is 12.8. The third-order valence-corrected chi connectivity index (χ3v) is 4.64. The van der Waals surface area contributed by atoms with Crippen molar-refractivity contribution in [2.45, 2.75) is 0 Å². The van der Waals surface area contributed by atoms with Gasteiger partial charge in [0.05, 0.1) is 5.56 Å². The zero-order valence-corrected chi connectivity index (χ0v) is 14.7. The number of carbonyl (C=O) groups excluding carboxylic acids is 1. The number of benzene rings is 2. The monoisotopic (exact) mass is 351 g/mol. The van der Waals surface area contributed by atoms with Crippen LogP contribution in [0.15, 0.2) is 53.5 Å². The number of amidine groups is 1. The first kappa shape index (κ1) is 16.6. The molecule has 0 saturated carbocycles. The van der Waals surface area contributed by atoms with E-state index < -0.39 is 0 Å². The molecule has 0 atom stereocenters. The minimum Gasteiger partial charge on any atom is -0.454 e. The normalized spacial score (nSPS) is 16.1. The Hall–Kier alpha value is -2.86. The van der Waals surface area contributed by atoms with E-state index in [0.29, 0.717) is 13.1 Å². The van der Waals surface area contributed by atoms with Gasteiger partial charge in [0.2, 0.25) is 5.91 Å². The predicted octanol–water partition coefficient (Wildman–Crippen LogP) is 2.66. The number of methoxy groups -OCH3 is 1. The van der Waals surface area contributed by atoms with Crippen LogP contribution in [0.4, 0.5) is 5.69 Å². The number of hydrogen-bond donors (Lipinski definition) is 0. The number of aliphatic imine (C=N–C) groups is 1. The summed E-state index contributed by atoms with van der Waals surface area (Å²) in [5.74, 6) is 2.48. The lowest BCUT2D eigenvalue weighted by atomic mass is 10.1. The first-order valence-corrected chi connectivity index (χ1v) is 8.73. The molecule has 6 nitrogen and oxygen atoms in total. The lowest BCUT2D eigenvalue weighted by Crippen LogP contribution is -2.51. The highest BCUT2D eigenvalue weighted by atomic mass is 16.5. The summed E-state index contributed by atoms with van der Waals surface area (Å²) in [5.41, 5.74) is 1.79. The van der Waals surface area contributed by atoms with Crippen LogP contribution in [0.2, 0.25) is 0 Å². The Labute approximate surface area is 152 Å². The highest BCUT2D eigenvalue weighted by Crippen LogP contribution is 2.37. The van der Waals surface area contributed by atoms with Gasteiger partial charge in [-0.1, -0.05) is 24.3 Å². The number of ether oxygens (including phenoxy) is 2. The zero-order valence-electron chi connectivity index (χ0n) is 14.7. The molecule has 1 fully saturated rings. The van der Waals surface area contributed by atoms with Crippen molar-refractivity contribution in [3.05, 3.63) is 54.1 Å². The summed E-state index contributed by atoms with van der Waals surface area (Å²) in [7, 11) is 1.54. The van der Waals surface area contributed by atoms with E-state index in [4.69, 9.17) is 14.5 Å². The zero-order chi connectivity index (χ0) is 17.9. The predicted molar refractivity (Wildman–Crippen MR) is 99.2 cm³/mol. The van der Waals surface area contributed by atoms with Crippen molar-refractivity contribution in [1.82, 2.24) is 9.80 Å². The molecular weight excluding hydrogens is 330 g/mol. The molecule has 4 rings (SSSR count). The van der Waals surface area contributed by atoms with Crippen LogP contribution in [0.3, 0.4) is 0 Å². The van der Waals surface area contributed by atoms with E-state index in [0.717, 1.165) is 41.7 Å². The molecule has 0 radical (unpaired) electrons. The van der Waals surface area contributed by atoms with Crippen LogP contribution >= 0.6 is 0 Å². The molecule has 2 aliphatic rings. The van der Waals surface area contributed by atoms with Gasteiger partial charge < -0.3 is 19.3 Å². The molecule has 0 aliphatic carbocycles. The van der Waals surface area contributed by atoms with Crippen LogP contribution in [0, 0.1) is 0 Å². The van der Waals surface area contributed by atoms with E-state index in [1.807, 2.05) is 53.4 Å². The summed E-state index contributed by atoms with van der Waals surface area (Å²) in [6.07, 6.45) is 0. The Morgan fingerprint density at radius 3 is 2.50 bits per heavy atom. The van der Waals surface area contributed by atoms with Crippen molar-refractivity contribution < 1.29 is 14.3 Å². The van der Waals surface area contributed by atoms with E-state index in [1.54, 1.807) is 7.11 Å². The van der Waals surface area contributed by atoms with E-state index in [1.165, 1.54) is 0 Å². The third kappa shape index (κ3) is 3.15. The van der Waals surface area contributed by atoms with Crippen LogP contribution < -0.4 is 4.74 Å². The lowest BCUT2D eigenvalue weighted by Gasteiger charge is -2.36. The van der Waals surface area contributed by atoms with Gasteiger partial charge in [0, 0.05) is 33.3 Å². The molecule has 0 aromatic heterocycles. The van der Waals surface area contributed by atoms with Gasteiger partial charge in [0.15, 0.2) is 5.75 Å². The average Bonchev–Trinajstić information content (AvgIpc) is 2.85. The minimum atomic E-state index is 0.0315. The molecular formula is C20H21N3O3. The van der Waals surface area contributed by atoms with Gasteiger partial charge in [0.1, 0.15) is 23.9 Å². The number of hydrogen-bond acceptors (Lipinski definition) is 5. The van der Waals surface area contributed by atoms with Crippen LogP contribution in [0.25, 0.3) is 0 Å². The minimum absolute atomic E-state index is 0.0315. The fourth-order valence-electron chi connectivity index (χ4n) is 3.29. The first-order valence-electron chi connectivity index (χ1n) is 8.73. The van der Waals surface area contributed by atoms with E-state index >= 15 is 0 Å². The molecule has 2 aliphatic heterocycles. The molecule has 2 heterocycles. The SMILES string of the molecule is COCC(=O)N1CCN(C2=Nc3ccccc3Oc3ccccc32)CC1. The smallest absolute Gasteiger partial charge is 0.248 e. The van der Waals surface area contributed by atoms with Crippen molar-refractivity contribution in [3.63, 3.8) is 0 Å². The fraction of sp³-hybridized carbons (Fsp3) is 0.300. The summed E-state index contributed by atoms with van der Waals surface area (Å²) >= 11 is 0. The molecule has 2 aromatic carbocycles. The van der Waals surface area contributed by atoms with Gasteiger partial charge in [-0.05, 0) is 24.3 Å². The lowest BCUT2D eigenvalue weighted by molar-refractivity contribution is -0.136. The van der Waals surface area contributed by atoms with Gasteiger partial charge in [0.25, 0.3) is 0 Å². The average molecular weight is 351 g/mol. The van der Waals surface area contributed by atoms with E-state index in [2.05, 4.69) is 4.90 Å². The molecule has 26 heavy (non-hydrogen) atoms. The maximum absolute atomic E-state index is 12.0. The van der Waals surface area contributed by atoms with Crippen LogP contribution in [0.5, 0.6) is 11.5 Å². The van der Waals surface area contributed by atoms with Gasteiger partial charge >= 0.3 is 0 Å². The fourth-order valence-corrected chi connectivity index (χ4v) is 3.29. The Morgan fingerprint density at radius 1 is 1.04 bits per heavy atom. The Bertz CT molecular complexity index is 842. The second-order valence-corrected chi connectivity index (χ2v) is 6.30. The molecule has 1 amide bonds. The summed E-state index contributed by atoms with van der Waals surface area (Å²) in [6, 6.07) is 15.7. The molecule has 6 heteroatoms. The number of amides is 1. The summed E-state index contributed by atoms with van der Waals surface area (Å²) in [4.78, 5) is 21.0. The molecule has 134 valence electrons.